The number of nitrogens with one attached hydrogen (secondary N) is 1. The van der Waals surface area contributed by atoms with Crippen molar-refractivity contribution in [2.75, 3.05) is 5.32 Å². The van der Waals surface area contributed by atoms with Crippen LogP contribution in [0.3, 0.4) is 0 Å². The van der Waals surface area contributed by atoms with Gasteiger partial charge >= 0.3 is 0 Å². The minimum Gasteiger partial charge on any atom is -0.330 e. The van der Waals surface area contributed by atoms with Gasteiger partial charge in [-0.05, 0) is 47.5 Å². The van der Waals surface area contributed by atoms with E-state index in [-0.39, 0.29) is 16.8 Å². The van der Waals surface area contributed by atoms with Crippen molar-refractivity contribution in [3.05, 3.63) is 99.0 Å². The zero-order valence-corrected chi connectivity index (χ0v) is 16.3. The van der Waals surface area contributed by atoms with Crippen LogP contribution in [0.5, 0.6) is 0 Å². The maximum absolute atomic E-state index is 12.6. The lowest BCUT2D eigenvalue weighted by molar-refractivity contribution is 0.0766. The van der Waals surface area contributed by atoms with E-state index in [4.69, 9.17) is 23.2 Å². The summed E-state index contributed by atoms with van der Waals surface area (Å²) in [6.45, 7) is 1.06. The molecule has 0 bridgehead atoms. The molecule has 3 aromatic carbocycles. The molecule has 2 amide bonds. The number of fused-ring (bicyclic) bond motifs is 1. The van der Waals surface area contributed by atoms with Gasteiger partial charge in [-0.2, -0.15) is 0 Å². The number of halogens is 2. The molecule has 0 fully saturated rings. The average molecular weight is 411 g/mol. The van der Waals surface area contributed by atoms with Crippen LogP contribution in [0.1, 0.15) is 31.8 Å². The normalized spacial score (nSPS) is 12.8. The third-order valence-electron chi connectivity index (χ3n) is 4.63. The van der Waals surface area contributed by atoms with E-state index in [1.807, 2.05) is 36.4 Å². The summed E-state index contributed by atoms with van der Waals surface area (Å²) in [5.74, 6) is -0.329. The van der Waals surface area contributed by atoms with Crippen molar-refractivity contribution in [1.82, 2.24) is 4.90 Å². The van der Waals surface area contributed by atoms with Crippen LogP contribution in [0.15, 0.2) is 66.7 Å². The predicted octanol–water partition coefficient (Wildman–Crippen LogP) is 5.40. The highest BCUT2D eigenvalue weighted by Crippen LogP contribution is 2.28. The van der Waals surface area contributed by atoms with Crippen molar-refractivity contribution < 1.29 is 9.59 Å². The van der Waals surface area contributed by atoms with E-state index >= 15 is 0 Å². The van der Waals surface area contributed by atoms with Gasteiger partial charge in [-0.3, -0.25) is 9.59 Å². The smallest absolute Gasteiger partial charge is 0.257 e. The second kappa shape index (κ2) is 7.66. The molecule has 6 heteroatoms. The second-order valence-corrected chi connectivity index (χ2v) is 7.44. The molecule has 0 radical (unpaired) electrons. The fourth-order valence-electron chi connectivity index (χ4n) is 3.26. The molecule has 1 aliphatic rings. The molecule has 1 heterocycles. The number of nitrogens with zero attached hydrogens (tertiary/aromatic N) is 1. The zero-order chi connectivity index (χ0) is 19.7. The van der Waals surface area contributed by atoms with E-state index in [1.165, 1.54) is 6.07 Å². The molecule has 1 N–H and O–H groups in total. The van der Waals surface area contributed by atoms with Gasteiger partial charge in [-0.25, -0.2) is 0 Å². The summed E-state index contributed by atoms with van der Waals surface area (Å²) < 4.78 is 0. The van der Waals surface area contributed by atoms with Gasteiger partial charge in [0.15, 0.2) is 0 Å². The number of hydrogen-bond donors (Lipinski definition) is 1. The Morgan fingerprint density at radius 3 is 2.54 bits per heavy atom. The Morgan fingerprint density at radius 1 is 1.00 bits per heavy atom. The molecule has 0 aromatic heterocycles. The van der Waals surface area contributed by atoms with Crippen LogP contribution < -0.4 is 5.32 Å². The minimum atomic E-state index is -0.327. The molecule has 3 aromatic rings. The molecule has 0 unspecified atom stereocenters. The van der Waals surface area contributed by atoms with Gasteiger partial charge in [0.05, 0.1) is 10.6 Å². The largest absolute Gasteiger partial charge is 0.330 e. The van der Waals surface area contributed by atoms with Crippen LogP contribution >= 0.6 is 23.2 Å². The average Bonchev–Trinajstić information content (AvgIpc) is 2.97. The molecule has 28 heavy (non-hydrogen) atoms. The van der Waals surface area contributed by atoms with Crippen LogP contribution in [0, 0.1) is 0 Å². The summed E-state index contributed by atoms with van der Waals surface area (Å²) in [4.78, 5) is 26.9. The van der Waals surface area contributed by atoms with Crippen LogP contribution in [-0.4, -0.2) is 16.7 Å². The predicted molar refractivity (Wildman–Crippen MR) is 111 cm³/mol. The van der Waals surface area contributed by atoms with Crippen LogP contribution in [-0.2, 0) is 13.1 Å². The first-order valence-corrected chi connectivity index (χ1v) is 9.49. The molecule has 0 atom stereocenters. The second-order valence-electron chi connectivity index (χ2n) is 6.60. The van der Waals surface area contributed by atoms with Crippen molar-refractivity contribution in [2.24, 2.45) is 0 Å². The molecule has 0 saturated heterocycles. The van der Waals surface area contributed by atoms with E-state index in [0.29, 0.717) is 34.9 Å². The van der Waals surface area contributed by atoms with Crippen LogP contribution in [0.25, 0.3) is 0 Å². The topological polar surface area (TPSA) is 49.4 Å². The van der Waals surface area contributed by atoms with Crippen molar-refractivity contribution in [2.45, 2.75) is 13.1 Å². The van der Waals surface area contributed by atoms with Gasteiger partial charge in [0.2, 0.25) is 0 Å². The summed E-state index contributed by atoms with van der Waals surface area (Å²) in [5, 5.41) is 3.59. The molecule has 1 aliphatic heterocycles. The monoisotopic (exact) mass is 410 g/mol. The van der Waals surface area contributed by atoms with Gasteiger partial charge in [-0.1, -0.05) is 53.5 Å². The number of amides is 2. The van der Waals surface area contributed by atoms with E-state index in [1.54, 1.807) is 29.2 Å². The highest BCUT2D eigenvalue weighted by molar-refractivity contribution is 6.37. The molecular formula is C22H16Cl2N2O2. The first kappa shape index (κ1) is 18.5. The zero-order valence-electron chi connectivity index (χ0n) is 14.8. The summed E-state index contributed by atoms with van der Waals surface area (Å²) >= 11 is 12.0. The Labute approximate surface area is 172 Å². The number of anilines is 1. The molecule has 0 spiro atoms. The van der Waals surface area contributed by atoms with Gasteiger partial charge in [0, 0.05) is 29.4 Å². The lowest BCUT2D eigenvalue weighted by Gasteiger charge is -2.15. The number of benzene rings is 3. The molecule has 4 rings (SSSR count). The number of carbonyl (C=O) groups excluding carboxylic acids is 2. The highest BCUT2D eigenvalue weighted by Gasteiger charge is 2.27. The van der Waals surface area contributed by atoms with Gasteiger partial charge in [0.1, 0.15) is 0 Å². The fraction of sp³-hybridized carbons (Fsp3) is 0.0909. The van der Waals surface area contributed by atoms with E-state index in [9.17, 15) is 9.59 Å². The lowest BCUT2D eigenvalue weighted by atomic mass is 10.1. The first-order chi connectivity index (χ1) is 13.5. The Morgan fingerprint density at radius 2 is 1.79 bits per heavy atom. The maximum atomic E-state index is 12.6. The van der Waals surface area contributed by atoms with Gasteiger partial charge < -0.3 is 10.2 Å². The highest BCUT2D eigenvalue weighted by atomic mass is 35.5. The van der Waals surface area contributed by atoms with Crippen molar-refractivity contribution in [3.8, 4) is 0 Å². The Balaban J connectivity index is 1.50. The van der Waals surface area contributed by atoms with Crippen molar-refractivity contribution >= 4 is 40.7 Å². The molecule has 4 nitrogen and oxygen atoms in total. The molecule has 140 valence electrons. The summed E-state index contributed by atoms with van der Waals surface area (Å²) in [5.41, 5.74) is 3.59. The number of rotatable bonds is 4. The quantitative estimate of drug-likeness (QED) is 0.625. The van der Waals surface area contributed by atoms with Crippen molar-refractivity contribution in [1.29, 1.82) is 0 Å². The molecule has 0 saturated carbocycles. The Hall–Kier alpha value is -2.82. The summed E-state index contributed by atoms with van der Waals surface area (Å²) in [6.07, 6.45) is 0. The minimum absolute atomic E-state index is 0.00234. The molecule has 0 aliphatic carbocycles. The van der Waals surface area contributed by atoms with Gasteiger partial charge in [-0.15, -0.1) is 0 Å². The third-order valence-corrected chi connectivity index (χ3v) is 5.18. The maximum Gasteiger partial charge on any atom is 0.257 e. The first-order valence-electron chi connectivity index (χ1n) is 8.74. The summed E-state index contributed by atoms with van der Waals surface area (Å²) in [7, 11) is 0. The third kappa shape index (κ3) is 3.75. The molecular weight excluding hydrogens is 395 g/mol. The van der Waals surface area contributed by atoms with E-state index in [0.717, 1.165) is 11.1 Å². The Kier molecular flexibility index (Phi) is 5.07. The van der Waals surface area contributed by atoms with Crippen LogP contribution in [0.2, 0.25) is 10.0 Å². The van der Waals surface area contributed by atoms with Gasteiger partial charge in [0.25, 0.3) is 11.8 Å². The number of carbonyl (C=O) groups is 2. The summed E-state index contributed by atoms with van der Waals surface area (Å²) in [6, 6.07) is 19.9. The number of hydrogen-bond acceptors (Lipinski definition) is 2. The van der Waals surface area contributed by atoms with E-state index in [2.05, 4.69) is 5.32 Å². The Bertz CT molecular complexity index is 1070. The van der Waals surface area contributed by atoms with E-state index < -0.39 is 0 Å². The lowest BCUT2D eigenvalue weighted by Crippen LogP contribution is -2.23. The fourth-order valence-corrected chi connectivity index (χ4v) is 3.76. The van der Waals surface area contributed by atoms with Crippen molar-refractivity contribution in [3.63, 3.8) is 0 Å². The van der Waals surface area contributed by atoms with Crippen LogP contribution in [0.4, 0.5) is 5.69 Å². The SMILES string of the molecule is O=C(Nc1ccc2c(c1)CN(Cc1ccccc1)C2=O)c1ccc(Cl)cc1Cl. The standard InChI is InChI=1S/C22H16Cl2N2O2/c23-16-6-8-19(20(24)11-16)21(27)25-17-7-9-18-15(10-17)13-26(22(18)28)12-14-4-2-1-3-5-14/h1-11H,12-13H2,(H,25,27).